The zero-order valence-electron chi connectivity index (χ0n) is 37.8. The first-order valence-corrected chi connectivity index (χ1v) is 21.0. The number of fused-ring (bicyclic) bond motifs is 5. The van der Waals surface area contributed by atoms with Crippen LogP contribution < -0.4 is 10.9 Å². The number of benzene rings is 4. The van der Waals surface area contributed by atoms with Crippen molar-refractivity contribution in [3.8, 4) is 22.6 Å². The second kappa shape index (κ2) is 15.9. The highest BCUT2D eigenvalue weighted by atomic mass is 16.3. The molecule has 0 saturated carbocycles. The van der Waals surface area contributed by atoms with Gasteiger partial charge in [0.15, 0.2) is 0 Å². The van der Waals surface area contributed by atoms with Crippen LogP contribution in [0.5, 0.6) is 11.5 Å². The fourth-order valence-corrected chi connectivity index (χ4v) is 7.88. The molecule has 62 heavy (non-hydrogen) atoms. The molecule has 0 aromatic heterocycles. The number of rotatable bonds is 8. The Hall–Kier alpha value is -6.30. The summed E-state index contributed by atoms with van der Waals surface area (Å²) in [7, 11) is 0. The fourth-order valence-electron chi connectivity index (χ4n) is 7.88. The highest BCUT2D eigenvalue weighted by Crippen LogP contribution is 2.42. The van der Waals surface area contributed by atoms with E-state index in [4.69, 9.17) is 0 Å². The van der Waals surface area contributed by atoms with Gasteiger partial charge in [0, 0.05) is 12.8 Å². The maximum absolute atomic E-state index is 14.5. The minimum Gasteiger partial charge on any atom is -0.507 e. The van der Waals surface area contributed by atoms with Crippen molar-refractivity contribution in [1.82, 2.24) is 20.9 Å². The molecule has 2 aliphatic heterocycles. The summed E-state index contributed by atoms with van der Waals surface area (Å²) in [6.45, 7) is 23.8. The van der Waals surface area contributed by atoms with Gasteiger partial charge in [0.2, 0.25) is 11.8 Å². The summed E-state index contributed by atoms with van der Waals surface area (Å²) < 4.78 is 0. The highest BCUT2D eigenvalue weighted by Gasteiger charge is 2.39. The molecule has 12 heteroatoms. The Bertz CT molecular complexity index is 2320. The van der Waals surface area contributed by atoms with Gasteiger partial charge >= 0.3 is 0 Å². The van der Waals surface area contributed by atoms with Crippen LogP contribution in [0.2, 0.25) is 0 Å². The van der Waals surface area contributed by atoms with Crippen LogP contribution >= 0.6 is 0 Å². The van der Waals surface area contributed by atoms with Crippen molar-refractivity contribution >= 4 is 35.4 Å². The van der Waals surface area contributed by atoms with Gasteiger partial charge in [-0.3, -0.25) is 39.6 Å². The number of imide groups is 2. The molecule has 0 radical (unpaired) electrons. The monoisotopic (exact) mass is 842 g/mol. The van der Waals surface area contributed by atoms with Crippen LogP contribution in [0.4, 0.5) is 0 Å². The normalized spacial score (nSPS) is 14.4. The lowest BCUT2D eigenvalue weighted by Crippen LogP contribution is -2.54. The fraction of sp³-hybridized carbons (Fsp3) is 0.400. The van der Waals surface area contributed by atoms with Gasteiger partial charge in [-0.1, -0.05) is 119 Å². The molecule has 4 aromatic rings. The van der Waals surface area contributed by atoms with E-state index in [0.717, 1.165) is 33.4 Å². The van der Waals surface area contributed by atoms with Crippen molar-refractivity contribution in [2.24, 2.45) is 0 Å². The Morgan fingerprint density at radius 3 is 1.00 bits per heavy atom. The SMILES string of the molecule is CC(C)(C)c1cc(CCC(=O)NN2C(=O)c3ccc4cc3C(=O)N(NC(=O)CCc3cc(C(C)(C)C)c(O)c(C(C)(C)C)c3)C(=O)c3cc-4ccc3C2=O)cc(C(C)(C)C)c1O. The minimum absolute atomic E-state index is 0.147. The summed E-state index contributed by atoms with van der Waals surface area (Å²) in [5.41, 5.74) is 7.65. The van der Waals surface area contributed by atoms with Crippen molar-refractivity contribution in [3.05, 3.63) is 116 Å². The summed E-state index contributed by atoms with van der Waals surface area (Å²) in [5.74, 6) is -5.00. The molecule has 0 atom stereocenters. The van der Waals surface area contributed by atoms with Crippen molar-refractivity contribution in [3.63, 3.8) is 0 Å². The van der Waals surface area contributed by atoms with Crippen molar-refractivity contribution in [2.45, 2.75) is 130 Å². The predicted octanol–water partition coefficient (Wildman–Crippen LogP) is 8.47. The Kier molecular flexibility index (Phi) is 11.6. The number of carbonyl (C=O) groups is 6. The first-order chi connectivity index (χ1) is 28.6. The Morgan fingerprint density at radius 1 is 0.452 bits per heavy atom. The maximum Gasteiger partial charge on any atom is 0.280 e. The summed E-state index contributed by atoms with van der Waals surface area (Å²) in [4.78, 5) is 85.1. The van der Waals surface area contributed by atoms with E-state index >= 15 is 0 Å². The lowest BCUT2D eigenvalue weighted by atomic mass is 9.78. The van der Waals surface area contributed by atoms with Gasteiger partial charge in [-0.15, -0.1) is 0 Å². The van der Waals surface area contributed by atoms with Gasteiger partial charge in [0.1, 0.15) is 11.5 Å². The van der Waals surface area contributed by atoms with E-state index in [2.05, 4.69) is 10.9 Å². The molecule has 6 rings (SSSR count). The third kappa shape index (κ3) is 8.87. The van der Waals surface area contributed by atoms with Gasteiger partial charge in [0.25, 0.3) is 23.6 Å². The van der Waals surface area contributed by atoms with Crippen LogP contribution in [-0.4, -0.2) is 55.7 Å². The number of hydrogen-bond donors (Lipinski definition) is 4. The third-order valence-corrected chi connectivity index (χ3v) is 11.4. The highest BCUT2D eigenvalue weighted by molar-refractivity contribution is 6.23. The average molecular weight is 843 g/mol. The standard InChI is InChI=1S/C50H58N4O8/c1-47(2,3)35-21-27(22-36(41(35)57)48(4,5)6)13-19-39(55)51-53-43(59)31-17-15-29-25-33(31)45(61)54(46(62)34-26-30(29)16-18-32(34)44(53)60)52-40(56)20-14-28-23-37(49(7,8)9)42(58)38(24-28)50(10,11)12/h15-18,21-26,57-58H,13-14,19-20H2,1-12H3,(H,51,55)(H,52,56). The van der Waals surface area contributed by atoms with Crippen LogP contribution in [0, 0.1) is 0 Å². The van der Waals surface area contributed by atoms with Crippen molar-refractivity contribution in [1.29, 1.82) is 0 Å². The lowest BCUT2D eigenvalue weighted by molar-refractivity contribution is -0.125. The smallest absolute Gasteiger partial charge is 0.280 e. The van der Waals surface area contributed by atoms with Gasteiger partial charge in [-0.05, 0) is 103 Å². The topological polar surface area (TPSA) is 173 Å². The second-order valence-electron chi connectivity index (χ2n) is 20.6. The molecule has 0 fully saturated rings. The number of hydrogen-bond acceptors (Lipinski definition) is 8. The number of amides is 6. The molecule has 6 amide bonds. The van der Waals surface area contributed by atoms with Gasteiger partial charge < -0.3 is 10.2 Å². The Morgan fingerprint density at radius 2 is 0.726 bits per heavy atom. The molecule has 2 heterocycles. The summed E-state index contributed by atoms with van der Waals surface area (Å²) in [5, 5.41) is 23.4. The maximum atomic E-state index is 14.5. The first-order valence-electron chi connectivity index (χ1n) is 21.0. The largest absolute Gasteiger partial charge is 0.507 e. The van der Waals surface area contributed by atoms with Crippen molar-refractivity contribution < 1.29 is 39.0 Å². The molecule has 0 aliphatic carbocycles. The molecule has 4 N–H and O–H groups in total. The zero-order valence-corrected chi connectivity index (χ0v) is 37.8. The molecule has 4 aromatic carbocycles. The average Bonchev–Trinajstić information content (AvgIpc) is 3.19. The first kappa shape index (κ1) is 45.2. The van der Waals surface area contributed by atoms with Crippen LogP contribution in [0.3, 0.4) is 0 Å². The second-order valence-corrected chi connectivity index (χ2v) is 20.6. The number of aromatic hydroxyl groups is 2. The third-order valence-electron chi connectivity index (χ3n) is 11.4. The van der Waals surface area contributed by atoms with E-state index in [1.807, 2.05) is 107 Å². The Balaban J connectivity index is 1.30. The quantitative estimate of drug-likeness (QED) is 0.128. The number of nitrogens with one attached hydrogen (secondary N) is 2. The lowest BCUT2D eigenvalue weighted by Gasteiger charge is -2.29. The molecule has 2 aliphatic rings. The van der Waals surface area contributed by atoms with Crippen LogP contribution in [0.1, 0.15) is 171 Å². The number of phenols is 2. The number of aryl methyl sites for hydroxylation is 2. The number of hydrazine groups is 2. The van der Waals surface area contributed by atoms with E-state index in [1.54, 1.807) is 12.1 Å². The van der Waals surface area contributed by atoms with E-state index < -0.39 is 57.1 Å². The van der Waals surface area contributed by atoms with Crippen LogP contribution in [0.25, 0.3) is 11.1 Å². The van der Waals surface area contributed by atoms with Gasteiger partial charge in [-0.2, -0.15) is 10.0 Å². The summed E-state index contributed by atoms with van der Waals surface area (Å²) >= 11 is 0. The molecular formula is C50H58N4O8. The molecule has 0 saturated heterocycles. The molecule has 4 bridgehead atoms. The molecular weight excluding hydrogens is 785 g/mol. The zero-order chi connectivity index (χ0) is 46.0. The van der Waals surface area contributed by atoms with Crippen LogP contribution in [0.15, 0.2) is 60.7 Å². The summed E-state index contributed by atoms with van der Waals surface area (Å²) in [6, 6.07) is 16.1. The van der Waals surface area contributed by atoms with E-state index in [0.29, 0.717) is 21.1 Å². The molecule has 12 nitrogen and oxygen atoms in total. The van der Waals surface area contributed by atoms with E-state index in [9.17, 15) is 39.0 Å². The number of nitrogens with zero attached hydrogens (tertiary/aromatic N) is 2. The van der Waals surface area contributed by atoms with E-state index in [-0.39, 0.29) is 59.4 Å². The number of phenolic OH excluding ortho intramolecular Hbond substituents is 2. The summed E-state index contributed by atoms with van der Waals surface area (Å²) in [6.07, 6.45) is 0.126. The molecule has 0 unspecified atom stereocenters. The van der Waals surface area contributed by atoms with Crippen molar-refractivity contribution in [2.75, 3.05) is 0 Å². The Labute approximate surface area is 363 Å². The molecule has 0 spiro atoms. The van der Waals surface area contributed by atoms with Gasteiger partial charge in [-0.25, -0.2) is 0 Å². The minimum atomic E-state index is -1.01. The number of carbonyl (C=O) groups excluding carboxylic acids is 6. The van der Waals surface area contributed by atoms with E-state index in [1.165, 1.54) is 24.3 Å². The molecule has 326 valence electrons. The predicted molar refractivity (Wildman–Crippen MR) is 237 cm³/mol. The van der Waals surface area contributed by atoms with Gasteiger partial charge in [0.05, 0.1) is 22.3 Å². The van der Waals surface area contributed by atoms with Crippen LogP contribution in [-0.2, 0) is 44.1 Å².